The number of rotatable bonds is 6. The predicted octanol–water partition coefficient (Wildman–Crippen LogP) is 2.19. The first-order valence-electron chi connectivity index (χ1n) is 9.51. The Balaban J connectivity index is 1.62. The van der Waals surface area contributed by atoms with E-state index in [4.69, 9.17) is 4.74 Å². The summed E-state index contributed by atoms with van der Waals surface area (Å²) in [6.45, 7) is 7.61. The summed E-state index contributed by atoms with van der Waals surface area (Å²) in [5, 5.41) is 3.53. The largest absolute Gasteiger partial charge is 0.381 e. The van der Waals surface area contributed by atoms with Gasteiger partial charge in [-0.1, -0.05) is 12.8 Å². The van der Waals surface area contributed by atoms with Crippen molar-refractivity contribution in [1.29, 1.82) is 0 Å². The molecule has 0 aromatic heterocycles. The van der Waals surface area contributed by atoms with Gasteiger partial charge in [0, 0.05) is 46.9 Å². The van der Waals surface area contributed by atoms with E-state index >= 15 is 0 Å². The topological polar surface area (TPSA) is 40.1 Å². The number of nitrogens with zero attached hydrogens (tertiary/aromatic N) is 3. The Labute approximate surface area is 142 Å². The quantitative estimate of drug-likeness (QED) is 0.600. The molecule has 1 N–H and O–H groups in total. The van der Waals surface area contributed by atoms with Crippen molar-refractivity contribution in [3.8, 4) is 0 Å². The SMILES string of the molecule is CN=C(NCCN1CCCCCC1)N(C)CCC1CCOCC1. The van der Waals surface area contributed by atoms with Gasteiger partial charge in [0.25, 0.3) is 0 Å². The highest BCUT2D eigenvalue weighted by Gasteiger charge is 2.15. The fourth-order valence-corrected chi connectivity index (χ4v) is 3.59. The molecule has 2 rings (SSSR count). The summed E-state index contributed by atoms with van der Waals surface area (Å²) in [7, 11) is 4.04. The van der Waals surface area contributed by atoms with Gasteiger partial charge in [-0.3, -0.25) is 4.99 Å². The molecule has 0 aliphatic carbocycles. The second-order valence-electron chi connectivity index (χ2n) is 7.00. The summed E-state index contributed by atoms with van der Waals surface area (Å²) >= 11 is 0. The zero-order valence-corrected chi connectivity index (χ0v) is 15.2. The monoisotopic (exact) mass is 324 g/mol. The lowest BCUT2D eigenvalue weighted by Crippen LogP contribution is -2.43. The molecule has 0 saturated carbocycles. The first-order chi connectivity index (χ1) is 11.3. The van der Waals surface area contributed by atoms with Gasteiger partial charge < -0.3 is 19.9 Å². The molecule has 2 heterocycles. The van der Waals surface area contributed by atoms with E-state index in [0.717, 1.165) is 44.7 Å². The lowest BCUT2D eigenvalue weighted by molar-refractivity contribution is 0.0625. The van der Waals surface area contributed by atoms with Crippen LogP contribution in [0.3, 0.4) is 0 Å². The third-order valence-corrected chi connectivity index (χ3v) is 5.20. The maximum Gasteiger partial charge on any atom is 0.193 e. The minimum absolute atomic E-state index is 0.821. The van der Waals surface area contributed by atoms with Crippen LogP contribution in [-0.2, 0) is 4.74 Å². The molecule has 134 valence electrons. The summed E-state index contributed by atoms with van der Waals surface area (Å²) in [6.07, 6.45) is 9.21. The second-order valence-corrected chi connectivity index (χ2v) is 7.00. The highest BCUT2D eigenvalue weighted by Crippen LogP contribution is 2.18. The highest BCUT2D eigenvalue weighted by atomic mass is 16.5. The molecule has 0 bridgehead atoms. The molecule has 23 heavy (non-hydrogen) atoms. The van der Waals surface area contributed by atoms with Crippen LogP contribution in [0.5, 0.6) is 0 Å². The molecule has 2 saturated heterocycles. The van der Waals surface area contributed by atoms with Crippen molar-refractivity contribution in [1.82, 2.24) is 15.1 Å². The third kappa shape index (κ3) is 7.08. The van der Waals surface area contributed by atoms with E-state index in [1.807, 2.05) is 7.05 Å². The Kier molecular flexibility index (Phi) is 8.76. The number of likely N-dealkylation sites (tertiary alicyclic amines) is 1. The number of guanidine groups is 1. The molecule has 5 heteroatoms. The van der Waals surface area contributed by atoms with Crippen LogP contribution in [0.2, 0.25) is 0 Å². The van der Waals surface area contributed by atoms with Gasteiger partial charge in [0.05, 0.1) is 0 Å². The first-order valence-corrected chi connectivity index (χ1v) is 9.51. The molecular weight excluding hydrogens is 288 g/mol. The summed E-state index contributed by atoms with van der Waals surface area (Å²) in [6, 6.07) is 0. The maximum absolute atomic E-state index is 5.44. The third-order valence-electron chi connectivity index (χ3n) is 5.20. The number of hydrogen-bond acceptors (Lipinski definition) is 3. The van der Waals surface area contributed by atoms with Gasteiger partial charge in [0.15, 0.2) is 5.96 Å². The Morgan fingerprint density at radius 1 is 1.17 bits per heavy atom. The lowest BCUT2D eigenvalue weighted by atomic mass is 9.96. The van der Waals surface area contributed by atoms with E-state index in [1.54, 1.807) is 0 Å². The van der Waals surface area contributed by atoms with Gasteiger partial charge in [-0.25, -0.2) is 0 Å². The number of ether oxygens (including phenoxy) is 1. The standard InChI is InChI=1S/C18H36N4O/c1-19-18(20-10-14-22-11-5-3-4-6-12-22)21(2)13-7-17-8-15-23-16-9-17/h17H,3-16H2,1-2H3,(H,19,20). The van der Waals surface area contributed by atoms with Crippen LogP contribution in [0.15, 0.2) is 4.99 Å². The van der Waals surface area contributed by atoms with Crippen molar-refractivity contribution in [2.75, 3.05) is 60.0 Å². The van der Waals surface area contributed by atoms with E-state index < -0.39 is 0 Å². The fraction of sp³-hybridized carbons (Fsp3) is 0.944. The van der Waals surface area contributed by atoms with Gasteiger partial charge in [0.1, 0.15) is 0 Å². The predicted molar refractivity (Wildman–Crippen MR) is 97.1 cm³/mol. The normalized spacial score (nSPS) is 21.9. The van der Waals surface area contributed by atoms with Crippen molar-refractivity contribution in [2.45, 2.75) is 44.9 Å². The Hall–Kier alpha value is -0.810. The van der Waals surface area contributed by atoms with Crippen molar-refractivity contribution >= 4 is 5.96 Å². The van der Waals surface area contributed by atoms with Gasteiger partial charge in [0.2, 0.25) is 0 Å². The highest BCUT2D eigenvalue weighted by molar-refractivity contribution is 5.79. The molecule has 0 amide bonds. The van der Waals surface area contributed by atoms with E-state index in [9.17, 15) is 0 Å². The Morgan fingerprint density at radius 3 is 2.52 bits per heavy atom. The molecule has 2 fully saturated rings. The fourth-order valence-electron chi connectivity index (χ4n) is 3.59. The van der Waals surface area contributed by atoms with E-state index in [0.29, 0.717) is 0 Å². The number of hydrogen-bond donors (Lipinski definition) is 1. The molecule has 0 spiro atoms. The zero-order chi connectivity index (χ0) is 16.3. The molecule has 0 radical (unpaired) electrons. The average molecular weight is 325 g/mol. The van der Waals surface area contributed by atoms with E-state index in [2.05, 4.69) is 27.2 Å². The van der Waals surface area contributed by atoms with Crippen molar-refractivity contribution in [2.24, 2.45) is 10.9 Å². The molecule has 2 aliphatic rings. The zero-order valence-electron chi connectivity index (χ0n) is 15.2. The number of nitrogens with one attached hydrogen (secondary N) is 1. The van der Waals surface area contributed by atoms with Crippen molar-refractivity contribution in [3.63, 3.8) is 0 Å². The summed E-state index contributed by atoms with van der Waals surface area (Å²) in [5.41, 5.74) is 0. The molecular formula is C18H36N4O. The van der Waals surface area contributed by atoms with Gasteiger partial charge >= 0.3 is 0 Å². The van der Waals surface area contributed by atoms with E-state index in [1.165, 1.54) is 58.0 Å². The van der Waals surface area contributed by atoms with Crippen molar-refractivity contribution < 1.29 is 4.74 Å². The van der Waals surface area contributed by atoms with Crippen molar-refractivity contribution in [3.05, 3.63) is 0 Å². The van der Waals surface area contributed by atoms with Gasteiger partial charge in [-0.05, 0) is 51.1 Å². The van der Waals surface area contributed by atoms with E-state index in [-0.39, 0.29) is 0 Å². The Morgan fingerprint density at radius 2 is 1.87 bits per heavy atom. The minimum atomic E-state index is 0.821. The summed E-state index contributed by atoms with van der Waals surface area (Å²) in [4.78, 5) is 9.31. The summed E-state index contributed by atoms with van der Waals surface area (Å²) in [5.74, 6) is 1.85. The van der Waals surface area contributed by atoms with Crippen LogP contribution in [0.4, 0.5) is 0 Å². The molecule has 0 aromatic carbocycles. The molecule has 0 unspecified atom stereocenters. The molecule has 0 atom stereocenters. The smallest absolute Gasteiger partial charge is 0.193 e. The molecule has 2 aliphatic heterocycles. The van der Waals surface area contributed by atoms with Crippen LogP contribution < -0.4 is 5.32 Å². The van der Waals surface area contributed by atoms with Crippen LogP contribution >= 0.6 is 0 Å². The van der Waals surface area contributed by atoms with Crippen LogP contribution in [0.1, 0.15) is 44.9 Å². The molecule has 0 aromatic rings. The van der Waals surface area contributed by atoms with Gasteiger partial charge in [-0.15, -0.1) is 0 Å². The lowest BCUT2D eigenvalue weighted by Gasteiger charge is -2.27. The Bertz CT molecular complexity index is 334. The average Bonchev–Trinajstić information content (AvgIpc) is 2.86. The first kappa shape index (κ1) is 18.5. The minimum Gasteiger partial charge on any atom is -0.381 e. The number of aliphatic imine (C=N–C) groups is 1. The van der Waals surface area contributed by atoms with Crippen LogP contribution in [0.25, 0.3) is 0 Å². The van der Waals surface area contributed by atoms with Crippen LogP contribution in [0, 0.1) is 5.92 Å². The maximum atomic E-state index is 5.44. The van der Waals surface area contributed by atoms with Gasteiger partial charge in [-0.2, -0.15) is 0 Å². The summed E-state index contributed by atoms with van der Waals surface area (Å²) < 4.78 is 5.44. The van der Waals surface area contributed by atoms with Crippen LogP contribution in [-0.4, -0.2) is 75.8 Å². The second kappa shape index (κ2) is 10.9. The molecule has 5 nitrogen and oxygen atoms in total.